The average Bonchev–Trinajstić information content (AvgIpc) is 2.71. The Morgan fingerprint density at radius 1 is 0.966 bits per heavy atom. The van der Waals surface area contributed by atoms with Gasteiger partial charge in [-0.15, -0.1) is 0 Å². The summed E-state index contributed by atoms with van der Waals surface area (Å²) >= 11 is 0. The lowest BCUT2D eigenvalue weighted by atomic mass is 10.1. The summed E-state index contributed by atoms with van der Waals surface area (Å²) in [5, 5.41) is 0. The topological polar surface area (TPSA) is 60.9 Å². The molecule has 1 saturated heterocycles. The monoisotopic (exact) mass is 415 g/mol. The van der Waals surface area contributed by atoms with Crippen LogP contribution < -0.4 is 4.90 Å². The van der Waals surface area contributed by atoms with Gasteiger partial charge in [0, 0.05) is 38.4 Å². The molecular formula is C22H29N3O3S. The van der Waals surface area contributed by atoms with Gasteiger partial charge in [0.15, 0.2) is 0 Å². The normalized spacial score (nSPS) is 15.9. The van der Waals surface area contributed by atoms with E-state index in [4.69, 9.17) is 0 Å². The fraction of sp³-hybridized carbons (Fsp3) is 0.409. The van der Waals surface area contributed by atoms with E-state index in [1.165, 1.54) is 0 Å². The number of aryl methyl sites for hydroxylation is 1. The smallest absolute Gasteiger partial charge is 0.241 e. The zero-order valence-electron chi connectivity index (χ0n) is 17.1. The molecule has 1 aliphatic rings. The Hall–Kier alpha value is -2.22. The van der Waals surface area contributed by atoms with Gasteiger partial charge in [-0.05, 0) is 31.0 Å². The first-order valence-corrected chi connectivity index (χ1v) is 11.6. The molecule has 0 aliphatic carbocycles. The lowest BCUT2D eigenvalue weighted by Crippen LogP contribution is -2.51. The van der Waals surface area contributed by atoms with E-state index in [9.17, 15) is 13.2 Å². The predicted molar refractivity (Wildman–Crippen MR) is 116 cm³/mol. The molecule has 1 heterocycles. The zero-order valence-corrected chi connectivity index (χ0v) is 17.9. The highest BCUT2D eigenvalue weighted by molar-refractivity contribution is 7.88. The Morgan fingerprint density at radius 2 is 1.59 bits per heavy atom. The second-order valence-corrected chi connectivity index (χ2v) is 9.31. The quantitative estimate of drug-likeness (QED) is 0.697. The van der Waals surface area contributed by atoms with Crippen LogP contribution in [0.2, 0.25) is 0 Å². The first-order chi connectivity index (χ1) is 13.9. The van der Waals surface area contributed by atoms with Gasteiger partial charge in [-0.2, -0.15) is 4.31 Å². The maximum Gasteiger partial charge on any atom is 0.241 e. The Balaban J connectivity index is 1.56. The second kappa shape index (κ2) is 9.52. The number of hydrogen-bond acceptors (Lipinski definition) is 4. The lowest BCUT2D eigenvalue weighted by Gasteiger charge is -2.34. The van der Waals surface area contributed by atoms with Crippen molar-refractivity contribution >= 4 is 21.6 Å². The molecule has 0 bridgehead atoms. The van der Waals surface area contributed by atoms with Crippen LogP contribution in [0.25, 0.3) is 0 Å². The molecule has 1 amide bonds. The number of nitrogens with zero attached hydrogens (tertiary/aromatic N) is 3. The van der Waals surface area contributed by atoms with E-state index in [1.807, 2.05) is 73.3 Å². The summed E-state index contributed by atoms with van der Waals surface area (Å²) in [5.74, 6) is 0.0614. The first-order valence-electron chi connectivity index (χ1n) is 10.0. The van der Waals surface area contributed by atoms with Gasteiger partial charge >= 0.3 is 0 Å². The second-order valence-electron chi connectivity index (χ2n) is 7.34. The molecule has 1 aliphatic heterocycles. The Labute approximate surface area is 173 Å². The van der Waals surface area contributed by atoms with E-state index < -0.39 is 10.0 Å². The number of anilines is 1. The number of piperazine rings is 1. The number of carbonyl (C=O) groups excluding carboxylic acids is 1. The number of para-hydroxylation sites is 1. The van der Waals surface area contributed by atoms with Gasteiger partial charge in [0.1, 0.15) is 0 Å². The minimum absolute atomic E-state index is 0.0175. The number of likely N-dealkylation sites (N-methyl/N-ethyl adjacent to an activating group) is 1. The molecule has 7 heteroatoms. The van der Waals surface area contributed by atoms with Crippen molar-refractivity contribution in [1.82, 2.24) is 9.21 Å². The van der Waals surface area contributed by atoms with Crippen molar-refractivity contribution in [2.75, 3.05) is 44.2 Å². The molecule has 0 atom stereocenters. The van der Waals surface area contributed by atoms with Crippen LogP contribution in [0.15, 0.2) is 54.6 Å². The minimum atomic E-state index is -3.35. The molecule has 6 nitrogen and oxygen atoms in total. The van der Waals surface area contributed by atoms with Crippen LogP contribution in [-0.4, -0.2) is 62.8 Å². The van der Waals surface area contributed by atoms with Crippen molar-refractivity contribution in [3.05, 3.63) is 65.7 Å². The maximum atomic E-state index is 12.9. The third-order valence-corrected chi connectivity index (χ3v) is 7.15. The molecule has 2 aromatic carbocycles. The van der Waals surface area contributed by atoms with E-state index in [0.717, 1.165) is 16.8 Å². The van der Waals surface area contributed by atoms with Crippen molar-refractivity contribution < 1.29 is 13.2 Å². The van der Waals surface area contributed by atoms with Crippen molar-refractivity contribution in [3.63, 3.8) is 0 Å². The lowest BCUT2D eigenvalue weighted by molar-refractivity contribution is -0.120. The summed E-state index contributed by atoms with van der Waals surface area (Å²) in [6, 6.07) is 17.1. The first kappa shape index (κ1) is 21.5. The Kier molecular flexibility index (Phi) is 7.05. The molecule has 3 rings (SSSR count). The largest absolute Gasteiger partial charge is 0.311 e. The molecule has 0 radical (unpaired) electrons. The summed E-state index contributed by atoms with van der Waals surface area (Å²) in [5.41, 5.74) is 2.80. The average molecular weight is 416 g/mol. The van der Waals surface area contributed by atoms with Crippen LogP contribution in [0.4, 0.5) is 5.69 Å². The van der Waals surface area contributed by atoms with Gasteiger partial charge in [-0.3, -0.25) is 9.69 Å². The molecule has 0 aromatic heterocycles. The predicted octanol–water partition coefficient (Wildman–Crippen LogP) is 2.50. The number of amides is 1. The van der Waals surface area contributed by atoms with Crippen LogP contribution in [0.1, 0.15) is 18.1 Å². The highest BCUT2D eigenvalue weighted by atomic mass is 32.2. The van der Waals surface area contributed by atoms with Gasteiger partial charge in [-0.25, -0.2) is 8.42 Å². The fourth-order valence-electron chi connectivity index (χ4n) is 3.67. The SMILES string of the molecule is CCN(C(=O)CN1CCN(S(=O)(=O)Cc2ccccc2)CC1)c1ccccc1C. The van der Waals surface area contributed by atoms with Crippen LogP contribution >= 0.6 is 0 Å². The fourth-order valence-corrected chi connectivity index (χ4v) is 5.18. The van der Waals surface area contributed by atoms with E-state index in [2.05, 4.69) is 0 Å². The standard InChI is InChI=1S/C22H29N3O3S/c1-3-25(21-12-8-7-9-19(21)2)22(26)17-23-13-15-24(16-14-23)29(27,28)18-20-10-5-4-6-11-20/h4-12H,3,13-18H2,1-2H3. The van der Waals surface area contributed by atoms with Gasteiger partial charge in [0.25, 0.3) is 0 Å². The molecule has 0 N–H and O–H groups in total. The number of benzene rings is 2. The van der Waals surface area contributed by atoms with Crippen LogP contribution in [0.3, 0.4) is 0 Å². The summed E-state index contributed by atoms with van der Waals surface area (Å²) < 4.78 is 26.9. The van der Waals surface area contributed by atoms with Crippen LogP contribution in [-0.2, 0) is 20.6 Å². The van der Waals surface area contributed by atoms with Crippen molar-refractivity contribution in [2.24, 2.45) is 0 Å². The molecule has 2 aromatic rings. The zero-order chi connectivity index (χ0) is 20.9. The highest BCUT2D eigenvalue weighted by Gasteiger charge is 2.28. The van der Waals surface area contributed by atoms with Crippen LogP contribution in [0.5, 0.6) is 0 Å². The molecule has 29 heavy (non-hydrogen) atoms. The van der Waals surface area contributed by atoms with E-state index >= 15 is 0 Å². The summed E-state index contributed by atoms with van der Waals surface area (Å²) in [6.07, 6.45) is 0. The Bertz CT molecular complexity index is 923. The van der Waals surface area contributed by atoms with E-state index in [1.54, 1.807) is 9.21 Å². The molecule has 0 unspecified atom stereocenters. The third-order valence-electron chi connectivity index (χ3n) is 5.30. The van der Waals surface area contributed by atoms with E-state index in [0.29, 0.717) is 39.3 Å². The summed E-state index contributed by atoms with van der Waals surface area (Å²) in [6.45, 7) is 6.83. The van der Waals surface area contributed by atoms with Crippen LogP contribution in [0, 0.1) is 6.92 Å². The van der Waals surface area contributed by atoms with Crippen molar-refractivity contribution in [2.45, 2.75) is 19.6 Å². The summed E-state index contributed by atoms with van der Waals surface area (Å²) in [7, 11) is -3.35. The number of rotatable bonds is 7. The van der Waals surface area contributed by atoms with Gasteiger partial charge in [0.05, 0.1) is 12.3 Å². The number of hydrogen-bond donors (Lipinski definition) is 0. The van der Waals surface area contributed by atoms with Gasteiger partial charge in [0.2, 0.25) is 15.9 Å². The maximum absolute atomic E-state index is 12.9. The molecule has 0 saturated carbocycles. The highest BCUT2D eigenvalue weighted by Crippen LogP contribution is 2.20. The third kappa shape index (κ3) is 5.44. The van der Waals surface area contributed by atoms with E-state index in [-0.39, 0.29) is 11.7 Å². The van der Waals surface area contributed by atoms with Crippen molar-refractivity contribution in [3.8, 4) is 0 Å². The molecule has 1 fully saturated rings. The molecule has 0 spiro atoms. The minimum Gasteiger partial charge on any atom is -0.311 e. The summed E-state index contributed by atoms with van der Waals surface area (Å²) in [4.78, 5) is 16.7. The molecule has 156 valence electrons. The number of sulfonamides is 1. The van der Waals surface area contributed by atoms with Crippen molar-refractivity contribution in [1.29, 1.82) is 0 Å². The molecular weight excluding hydrogens is 386 g/mol. The number of carbonyl (C=O) groups is 1. The Morgan fingerprint density at radius 3 is 2.21 bits per heavy atom. The van der Waals surface area contributed by atoms with Gasteiger partial charge in [-0.1, -0.05) is 48.5 Å². The van der Waals surface area contributed by atoms with Gasteiger partial charge < -0.3 is 4.90 Å².